The Morgan fingerprint density at radius 1 is 1.17 bits per heavy atom. The molecule has 0 unspecified atom stereocenters. The van der Waals surface area contributed by atoms with Crippen molar-refractivity contribution in [3.63, 3.8) is 0 Å². The van der Waals surface area contributed by atoms with E-state index in [4.69, 9.17) is 16.3 Å². The second-order valence-corrected chi connectivity index (χ2v) is 5.55. The van der Waals surface area contributed by atoms with E-state index in [0.29, 0.717) is 16.5 Å². The number of ether oxygens (including phenoxy) is 1. The Balaban J connectivity index is 1.99. The Labute approximate surface area is 141 Å². The number of benzene rings is 2. The van der Waals surface area contributed by atoms with E-state index in [1.807, 2.05) is 44.2 Å². The maximum absolute atomic E-state index is 12.0. The average molecular weight is 331 g/mol. The maximum Gasteiger partial charge on any atom is 0.323 e. The Morgan fingerprint density at radius 3 is 2.52 bits per heavy atom. The Bertz CT molecular complexity index is 725. The number of amides is 2. The van der Waals surface area contributed by atoms with Crippen molar-refractivity contribution in [3.05, 3.63) is 64.3 Å². The van der Waals surface area contributed by atoms with Crippen LogP contribution in [0.5, 0.6) is 5.75 Å². The van der Waals surface area contributed by atoms with Crippen molar-refractivity contribution in [1.29, 1.82) is 0 Å². The van der Waals surface area contributed by atoms with Gasteiger partial charge in [-0.2, -0.15) is 0 Å². The first-order chi connectivity index (χ1) is 11.0. The van der Waals surface area contributed by atoms with Gasteiger partial charge in [-0.05, 0) is 37.1 Å². The normalized spacial score (nSPS) is 10.6. The van der Waals surface area contributed by atoms with Crippen LogP contribution >= 0.6 is 11.6 Å². The molecule has 0 aliphatic rings. The molecule has 0 aliphatic heterocycles. The Morgan fingerprint density at radius 2 is 1.87 bits per heavy atom. The summed E-state index contributed by atoms with van der Waals surface area (Å²) in [6.07, 6.45) is 3.42. The highest BCUT2D eigenvalue weighted by molar-refractivity contribution is 6.31. The first kappa shape index (κ1) is 16.9. The summed E-state index contributed by atoms with van der Waals surface area (Å²) < 4.78 is 5.22. The Hall–Kier alpha value is -2.46. The molecule has 0 aromatic heterocycles. The van der Waals surface area contributed by atoms with Crippen LogP contribution in [0.3, 0.4) is 0 Å². The molecule has 0 atom stereocenters. The Kier molecular flexibility index (Phi) is 5.66. The van der Waals surface area contributed by atoms with E-state index in [0.717, 1.165) is 11.1 Å². The summed E-state index contributed by atoms with van der Waals surface area (Å²) in [5, 5.41) is 5.99. The van der Waals surface area contributed by atoms with Crippen molar-refractivity contribution in [2.45, 2.75) is 13.8 Å². The molecule has 0 heterocycles. The largest absolute Gasteiger partial charge is 0.495 e. The number of aryl methyl sites for hydroxylation is 2. The standard InChI is InChI=1S/C18H19ClN2O2/c1-12-4-6-14(7-5-12)8-9-20-18(22)21-16-10-13(2)15(19)11-17(16)23-3/h4-11H,1-3H3,(H2,20,21,22)/b9-8+. The van der Waals surface area contributed by atoms with Gasteiger partial charge in [0.2, 0.25) is 0 Å². The van der Waals surface area contributed by atoms with Crippen LogP contribution in [0.4, 0.5) is 10.5 Å². The van der Waals surface area contributed by atoms with Gasteiger partial charge in [0.25, 0.3) is 0 Å². The maximum atomic E-state index is 12.0. The lowest BCUT2D eigenvalue weighted by Gasteiger charge is -2.12. The molecule has 0 aliphatic carbocycles. The number of halogens is 1. The molecule has 0 saturated carbocycles. The van der Waals surface area contributed by atoms with E-state index in [1.165, 1.54) is 12.7 Å². The fourth-order valence-corrected chi connectivity index (χ4v) is 2.13. The number of methoxy groups -OCH3 is 1. The van der Waals surface area contributed by atoms with E-state index in [-0.39, 0.29) is 6.03 Å². The molecule has 0 bridgehead atoms. The highest BCUT2D eigenvalue weighted by Crippen LogP contribution is 2.30. The summed E-state index contributed by atoms with van der Waals surface area (Å²) in [6, 6.07) is 11.1. The molecule has 2 aromatic rings. The van der Waals surface area contributed by atoms with Gasteiger partial charge in [-0.15, -0.1) is 0 Å². The average Bonchev–Trinajstić information content (AvgIpc) is 2.52. The fourth-order valence-electron chi connectivity index (χ4n) is 1.98. The third-order valence-electron chi connectivity index (χ3n) is 3.30. The van der Waals surface area contributed by atoms with Gasteiger partial charge in [0.15, 0.2) is 0 Å². The van der Waals surface area contributed by atoms with E-state index in [2.05, 4.69) is 10.6 Å². The first-order valence-corrected chi connectivity index (χ1v) is 7.52. The van der Waals surface area contributed by atoms with Crippen LogP contribution in [-0.4, -0.2) is 13.1 Å². The number of hydrogen-bond donors (Lipinski definition) is 2. The van der Waals surface area contributed by atoms with Gasteiger partial charge in [-0.3, -0.25) is 0 Å². The number of rotatable bonds is 4. The van der Waals surface area contributed by atoms with Gasteiger partial charge in [0.1, 0.15) is 5.75 Å². The monoisotopic (exact) mass is 330 g/mol. The molecule has 0 radical (unpaired) electrons. The van der Waals surface area contributed by atoms with Gasteiger partial charge >= 0.3 is 6.03 Å². The SMILES string of the molecule is COc1cc(Cl)c(C)cc1NC(=O)N/C=C/c1ccc(C)cc1. The van der Waals surface area contributed by atoms with Gasteiger partial charge < -0.3 is 15.4 Å². The fraction of sp³-hybridized carbons (Fsp3) is 0.167. The minimum absolute atomic E-state index is 0.353. The molecular formula is C18H19ClN2O2. The van der Waals surface area contributed by atoms with Crippen LogP contribution in [0.25, 0.3) is 6.08 Å². The zero-order valence-electron chi connectivity index (χ0n) is 13.3. The van der Waals surface area contributed by atoms with Gasteiger partial charge in [-0.25, -0.2) is 4.79 Å². The zero-order chi connectivity index (χ0) is 16.8. The third kappa shape index (κ3) is 4.76. The van der Waals surface area contributed by atoms with Crippen LogP contribution in [0, 0.1) is 13.8 Å². The van der Waals surface area contributed by atoms with Gasteiger partial charge in [0, 0.05) is 17.3 Å². The van der Waals surface area contributed by atoms with Crippen LogP contribution in [0.1, 0.15) is 16.7 Å². The highest BCUT2D eigenvalue weighted by atomic mass is 35.5. The zero-order valence-corrected chi connectivity index (χ0v) is 14.1. The summed E-state index contributed by atoms with van der Waals surface area (Å²) in [7, 11) is 1.53. The molecule has 2 rings (SSSR count). The van der Waals surface area contributed by atoms with E-state index in [1.54, 1.807) is 18.3 Å². The number of anilines is 1. The molecular weight excluding hydrogens is 312 g/mol. The number of nitrogens with one attached hydrogen (secondary N) is 2. The summed E-state index contributed by atoms with van der Waals surface area (Å²) in [4.78, 5) is 12.0. The van der Waals surface area contributed by atoms with Gasteiger partial charge in [0.05, 0.1) is 12.8 Å². The topological polar surface area (TPSA) is 50.4 Å². The van der Waals surface area contributed by atoms with Crippen LogP contribution in [0.2, 0.25) is 5.02 Å². The van der Waals surface area contributed by atoms with Crippen molar-refractivity contribution < 1.29 is 9.53 Å². The van der Waals surface area contributed by atoms with Crippen molar-refractivity contribution in [2.24, 2.45) is 0 Å². The molecule has 2 N–H and O–H groups in total. The number of hydrogen-bond acceptors (Lipinski definition) is 2. The van der Waals surface area contributed by atoms with Crippen LogP contribution < -0.4 is 15.4 Å². The van der Waals surface area contributed by atoms with E-state index < -0.39 is 0 Å². The lowest BCUT2D eigenvalue weighted by atomic mass is 10.1. The molecule has 4 nitrogen and oxygen atoms in total. The molecule has 2 amide bonds. The summed E-state index contributed by atoms with van der Waals surface area (Å²) in [5.74, 6) is 0.512. The van der Waals surface area contributed by atoms with E-state index in [9.17, 15) is 4.79 Å². The smallest absolute Gasteiger partial charge is 0.323 e. The predicted octanol–water partition coefficient (Wildman–Crippen LogP) is 4.76. The van der Waals surface area contributed by atoms with Crippen molar-refractivity contribution >= 4 is 29.4 Å². The van der Waals surface area contributed by atoms with E-state index >= 15 is 0 Å². The molecule has 120 valence electrons. The molecule has 0 spiro atoms. The van der Waals surface area contributed by atoms with Crippen molar-refractivity contribution in [2.75, 3.05) is 12.4 Å². The van der Waals surface area contributed by atoms with Crippen molar-refractivity contribution in [1.82, 2.24) is 5.32 Å². The first-order valence-electron chi connectivity index (χ1n) is 7.14. The predicted molar refractivity (Wildman–Crippen MR) is 95.1 cm³/mol. The number of carbonyl (C=O) groups excluding carboxylic acids is 1. The minimum Gasteiger partial charge on any atom is -0.495 e. The van der Waals surface area contributed by atoms with Crippen LogP contribution in [-0.2, 0) is 0 Å². The summed E-state index contributed by atoms with van der Waals surface area (Å²) in [6.45, 7) is 3.89. The van der Waals surface area contributed by atoms with Gasteiger partial charge in [-0.1, -0.05) is 41.4 Å². The quantitative estimate of drug-likeness (QED) is 0.849. The molecule has 2 aromatic carbocycles. The molecule has 0 saturated heterocycles. The second-order valence-electron chi connectivity index (χ2n) is 5.14. The third-order valence-corrected chi connectivity index (χ3v) is 3.70. The van der Waals surface area contributed by atoms with Crippen molar-refractivity contribution in [3.8, 4) is 5.75 Å². The molecule has 5 heteroatoms. The lowest BCUT2D eigenvalue weighted by molar-refractivity contribution is 0.255. The molecule has 23 heavy (non-hydrogen) atoms. The number of carbonyl (C=O) groups is 1. The highest BCUT2D eigenvalue weighted by Gasteiger charge is 2.09. The van der Waals surface area contributed by atoms with Crippen LogP contribution in [0.15, 0.2) is 42.6 Å². The molecule has 0 fully saturated rings. The number of urea groups is 1. The lowest BCUT2D eigenvalue weighted by Crippen LogP contribution is -2.24. The second kappa shape index (κ2) is 7.70. The summed E-state index contributed by atoms with van der Waals surface area (Å²) >= 11 is 6.04. The summed E-state index contributed by atoms with van der Waals surface area (Å²) in [5.41, 5.74) is 3.63. The minimum atomic E-state index is -0.353.